The zero-order valence-corrected chi connectivity index (χ0v) is 16.2. The lowest BCUT2D eigenvalue weighted by Gasteiger charge is -2.22. The number of hydrogen-bond donors (Lipinski definition) is 1. The Morgan fingerprint density at radius 1 is 1.36 bits per heavy atom. The fraction of sp³-hybridized carbons (Fsp3) is 0.250. The van der Waals surface area contributed by atoms with Gasteiger partial charge in [-0.3, -0.25) is 4.79 Å². The maximum absolute atomic E-state index is 12.2. The first-order valence-corrected chi connectivity index (χ1v) is 10.6. The molecule has 1 aromatic carbocycles. The van der Waals surface area contributed by atoms with Crippen molar-refractivity contribution in [1.82, 2.24) is 5.16 Å². The van der Waals surface area contributed by atoms with Crippen molar-refractivity contribution in [1.29, 1.82) is 0 Å². The van der Waals surface area contributed by atoms with Crippen LogP contribution in [0.1, 0.15) is 16.1 Å². The van der Waals surface area contributed by atoms with E-state index in [4.69, 9.17) is 9.26 Å². The lowest BCUT2D eigenvalue weighted by Crippen LogP contribution is -2.35. The van der Waals surface area contributed by atoms with Crippen molar-refractivity contribution in [2.45, 2.75) is 11.8 Å². The Balaban J connectivity index is 1.41. The molecule has 1 aromatic heterocycles. The standard InChI is InChI=1S/C16H14N4O6S2/c1-9-6-13(18-26-9)17-14(21)8-25-15(22)10-2-3-11-12(7-10)27-16-19-28(23,24)5-4-20(11)16/h2-3,6-7H,4-5,8H2,1H3,(H,17,18,21). The Bertz CT molecular complexity index is 1110. The van der Waals surface area contributed by atoms with Gasteiger partial charge < -0.3 is 19.5 Å². The SMILES string of the molecule is Cc1cc(NC(=O)COC(=O)c2ccc3c(c2)SC2=NS(=O)(=O)CCN23)no1. The van der Waals surface area contributed by atoms with Crippen LogP contribution in [0.4, 0.5) is 11.5 Å². The normalized spacial score (nSPS) is 16.8. The Hall–Kier alpha value is -2.86. The number of aromatic nitrogens is 1. The lowest BCUT2D eigenvalue weighted by atomic mass is 10.2. The van der Waals surface area contributed by atoms with Gasteiger partial charge in [0.2, 0.25) is 0 Å². The summed E-state index contributed by atoms with van der Waals surface area (Å²) in [6.07, 6.45) is 0. The molecule has 4 rings (SSSR count). The molecule has 0 aliphatic carbocycles. The molecule has 0 fully saturated rings. The molecule has 0 radical (unpaired) electrons. The highest BCUT2D eigenvalue weighted by molar-refractivity contribution is 8.15. The third-order valence-corrected chi connectivity index (χ3v) is 6.24. The number of carbonyl (C=O) groups is 2. The number of nitrogens with zero attached hydrogens (tertiary/aromatic N) is 3. The molecule has 2 aliphatic rings. The van der Waals surface area contributed by atoms with E-state index >= 15 is 0 Å². The van der Waals surface area contributed by atoms with Gasteiger partial charge in [-0.25, -0.2) is 13.2 Å². The molecule has 0 saturated carbocycles. The average Bonchev–Trinajstić information content (AvgIpc) is 3.20. The van der Waals surface area contributed by atoms with E-state index in [1.54, 1.807) is 30.0 Å². The molecule has 28 heavy (non-hydrogen) atoms. The molecule has 3 heterocycles. The Morgan fingerprint density at radius 2 is 2.18 bits per heavy atom. The number of hydrogen-bond acceptors (Lipinski definition) is 9. The summed E-state index contributed by atoms with van der Waals surface area (Å²) in [6, 6.07) is 6.40. The van der Waals surface area contributed by atoms with Gasteiger partial charge >= 0.3 is 5.97 Å². The van der Waals surface area contributed by atoms with Crippen molar-refractivity contribution in [2.75, 3.05) is 29.1 Å². The molecule has 12 heteroatoms. The van der Waals surface area contributed by atoms with Crippen LogP contribution in [0.25, 0.3) is 0 Å². The van der Waals surface area contributed by atoms with Gasteiger partial charge in [0.15, 0.2) is 17.6 Å². The molecule has 2 aliphatic heterocycles. The molecule has 2 aromatic rings. The van der Waals surface area contributed by atoms with Crippen molar-refractivity contribution < 1.29 is 27.3 Å². The van der Waals surface area contributed by atoms with Crippen LogP contribution in [0.3, 0.4) is 0 Å². The highest BCUT2D eigenvalue weighted by atomic mass is 32.2. The zero-order chi connectivity index (χ0) is 19.9. The van der Waals surface area contributed by atoms with Gasteiger partial charge in [0.05, 0.1) is 17.0 Å². The largest absolute Gasteiger partial charge is 0.452 e. The predicted octanol–water partition coefficient (Wildman–Crippen LogP) is 1.39. The molecular formula is C16H14N4O6S2. The second kappa shape index (κ2) is 6.95. The van der Waals surface area contributed by atoms with Gasteiger partial charge in [-0.15, -0.1) is 4.40 Å². The van der Waals surface area contributed by atoms with E-state index in [-0.39, 0.29) is 17.1 Å². The van der Waals surface area contributed by atoms with Crippen LogP contribution in [-0.2, 0) is 19.6 Å². The Kier molecular flexibility index (Phi) is 4.59. The highest BCUT2D eigenvalue weighted by Crippen LogP contribution is 2.42. The number of benzene rings is 1. The minimum atomic E-state index is -3.45. The van der Waals surface area contributed by atoms with E-state index in [1.807, 2.05) is 0 Å². The first kappa shape index (κ1) is 18.5. The second-order valence-electron chi connectivity index (χ2n) is 6.04. The van der Waals surface area contributed by atoms with Crippen molar-refractivity contribution in [3.8, 4) is 0 Å². The summed E-state index contributed by atoms with van der Waals surface area (Å²) in [5.74, 6) is -0.500. The number of thioether (sulfide) groups is 1. The number of amides is 1. The molecule has 1 N–H and O–H groups in total. The molecule has 0 unspecified atom stereocenters. The van der Waals surface area contributed by atoms with Crippen LogP contribution in [0.5, 0.6) is 0 Å². The van der Waals surface area contributed by atoms with E-state index in [0.29, 0.717) is 22.4 Å². The molecule has 1 amide bonds. The molecule has 10 nitrogen and oxygen atoms in total. The zero-order valence-electron chi connectivity index (χ0n) is 14.5. The number of aryl methyl sites for hydroxylation is 1. The average molecular weight is 422 g/mol. The van der Waals surface area contributed by atoms with E-state index < -0.39 is 28.5 Å². The Labute approximate surface area is 164 Å². The molecule has 0 spiro atoms. The number of sulfonamides is 1. The maximum atomic E-state index is 12.2. The molecule has 0 bridgehead atoms. The number of rotatable bonds is 4. The van der Waals surface area contributed by atoms with Crippen LogP contribution in [-0.4, -0.2) is 49.5 Å². The third kappa shape index (κ3) is 3.73. The van der Waals surface area contributed by atoms with Gasteiger partial charge in [0, 0.05) is 17.5 Å². The minimum Gasteiger partial charge on any atom is -0.452 e. The van der Waals surface area contributed by atoms with Crippen molar-refractivity contribution in [3.63, 3.8) is 0 Å². The molecule has 0 saturated heterocycles. The summed E-state index contributed by atoms with van der Waals surface area (Å²) in [5.41, 5.74) is 1.04. The van der Waals surface area contributed by atoms with Crippen molar-refractivity contribution in [3.05, 3.63) is 35.6 Å². The number of fused-ring (bicyclic) bond motifs is 3. The van der Waals surface area contributed by atoms with Crippen LogP contribution >= 0.6 is 11.8 Å². The van der Waals surface area contributed by atoms with Crippen molar-refractivity contribution in [2.24, 2.45) is 4.40 Å². The summed E-state index contributed by atoms with van der Waals surface area (Å²) in [4.78, 5) is 26.6. The van der Waals surface area contributed by atoms with E-state index in [0.717, 1.165) is 5.69 Å². The van der Waals surface area contributed by atoms with Crippen LogP contribution in [0.2, 0.25) is 0 Å². The second-order valence-corrected chi connectivity index (χ2v) is 8.81. The van der Waals surface area contributed by atoms with Gasteiger partial charge in [-0.05, 0) is 36.9 Å². The van der Waals surface area contributed by atoms with Gasteiger partial charge in [0.25, 0.3) is 15.9 Å². The minimum absolute atomic E-state index is 0.0551. The number of nitrogens with one attached hydrogen (secondary N) is 1. The lowest BCUT2D eigenvalue weighted by molar-refractivity contribution is -0.119. The smallest absolute Gasteiger partial charge is 0.338 e. The number of ether oxygens (including phenoxy) is 1. The first-order chi connectivity index (χ1) is 13.3. The van der Waals surface area contributed by atoms with Gasteiger partial charge in [-0.2, -0.15) is 0 Å². The number of esters is 1. The van der Waals surface area contributed by atoms with Crippen LogP contribution in [0.15, 0.2) is 38.1 Å². The van der Waals surface area contributed by atoms with E-state index in [9.17, 15) is 18.0 Å². The summed E-state index contributed by atoms with van der Waals surface area (Å²) >= 11 is 1.17. The number of amidine groups is 1. The van der Waals surface area contributed by atoms with Crippen LogP contribution in [0, 0.1) is 6.92 Å². The summed E-state index contributed by atoms with van der Waals surface area (Å²) in [6.45, 7) is 1.51. The van der Waals surface area contributed by atoms with Gasteiger partial charge in [-0.1, -0.05) is 5.16 Å². The quantitative estimate of drug-likeness (QED) is 0.726. The van der Waals surface area contributed by atoms with Crippen LogP contribution < -0.4 is 10.2 Å². The fourth-order valence-electron chi connectivity index (χ4n) is 2.68. The fourth-order valence-corrected chi connectivity index (χ4v) is 4.97. The molecule has 0 atom stereocenters. The third-order valence-electron chi connectivity index (χ3n) is 3.94. The summed E-state index contributed by atoms with van der Waals surface area (Å²) in [5, 5.41) is 6.43. The van der Waals surface area contributed by atoms with Crippen molar-refractivity contribution >= 4 is 50.3 Å². The van der Waals surface area contributed by atoms with E-state index in [1.165, 1.54) is 17.8 Å². The van der Waals surface area contributed by atoms with Gasteiger partial charge in [0.1, 0.15) is 5.76 Å². The predicted molar refractivity (Wildman–Crippen MR) is 101 cm³/mol. The molecule has 146 valence electrons. The highest BCUT2D eigenvalue weighted by Gasteiger charge is 2.33. The topological polar surface area (TPSA) is 131 Å². The first-order valence-electron chi connectivity index (χ1n) is 8.13. The monoisotopic (exact) mass is 422 g/mol. The maximum Gasteiger partial charge on any atom is 0.338 e. The number of anilines is 2. The van der Waals surface area contributed by atoms with E-state index in [2.05, 4.69) is 14.9 Å². The molecular weight excluding hydrogens is 408 g/mol. The summed E-state index contributed by atoms with van der Waals surface area (Å²) < 4.78 is 36.9. The Morgan fingerprint density at radius 3 is 2.93 bits per heavy atom. The number of carbonyl (C=O) groups excluding carboxylic acids is 2. The summed E-state index contributed by atoms with van der Waals surface area (Å²) in [7, 11) is -3.45.